The highest BCUT2D eigenvalue weighted by Gasteiger charge is 2.19. The lowest BCUT2D eigenvalue weighted by Gasteiger charge is -2.14. The van der Waals surface area contributed by atoms with E-state index in [9.17, 15) is 4.79 Å². The number of nitrogens with one attached hydrogen (secondary N) is 2. The fourth-order valence-electron chi connectivity index (χ4n) is 2.22. The molecule has 1 amide bonds. The number of carbonyl (C=O) groups is 1. The Bertz CT molecular complexity index is 456. The number of hydrogen-bond donors (Lipinski definition) is 2. The van der Waals surface area contributed by atoms with Crippen LogP contribution < -0.4 is 20.1 Å². The van der Waals surface area contributed by atoms with Crippen LogP contribution in [0.2, 0.25) is 0 Å². The zero-order valence-electron chi connectivity index (χ0n) is 10.1. The molecule has 1 atom stereocenters. The average Bonchev–Trinajstić information content (AvgIpc) is 2.80. The summed E-state index contributed by atoms with van der Waals surface area (Å²) in [5.74, 6) is 1.28. The Labute approximate surface area is 105 Å². The monoisotopic (exact) mass is 248 g/mol. The molecule has 1 aromatic rings. The lowest BCUT2D eigenvalue weighted by Crippen LogP contribution is -2.24. The third-order valence-corrected chi connectivity index (χ3v) is 3.16. The second-order valence-corrected chi connectivity index (χ2v) is 4.49. The van der Waals surface area contributed by atoms with Crippen LogP contribution in [0, 0.1) is 0 Å². The van der Waals surface area contributed by atoms with Gasteiger partial charge in [-0.05, 0) is 25.1 Å². The van der Waals surface area contributed by atoms with Crippen molar-refractivity contribution in [1.29, 1.82) is 0 Å². The van der Waals surface area contributed by atoms with Crippen LogP contribution in [-0.4, -0.2) is 38.3 Å². The van der Waals surface area contributed by atoms with Crippen molar-refractivity contribution in [2.75, 3.05) is 26.2 Å². The smallest absolute Gasteiger partial charge is 0.255 e. The van der Waals surface area contributed by atoms with Gasteiger partial charge in [0.25, 0.3) is 5.91 Å². The third kappa shape index (κ3) is 2.26. The zero-order chi connectivity index (χ0) is 12.4. The minimum absolute atomic E-state index is 0.0865. The third-order valence-electron chi connectivity index (χ3n) is 3.16. The van der Waals surface area contributed by atoms with Gasteiger partial charge in [0.1, 0.15) is 24.2 Å². The summed E-state index contributed by atoms with van der Waals surface area (Å²) in [5.41, 5.74) is 0.574. The molecule has 1 fully saturated rings. The molecule has 5 heteroatoms. The first-order valence-electron chi connectivity index (χ1n) is 6.25. The molecule has 96 valence electrons. The minimum atomic E-state index is -0.0865. The van der Waals surface area contributed by atoms with E-state index >= 15 is 0 Å². The fourth-order valence-corrected chi connectivity index (χ4v) is 2.22. The summed E-state index contributed by atoms with van der Waals surface area (Å²) >= 11 is 0. The Morgan fingerprint density at radius 2 is 2.28 bits per heavy atom. The summed E-state index contributed by atoms with van der Waals surface area (Å²) in [6.45, 7) is 2.90. The van der Waals surface area contributed by atoms with Gasteiger partial charge in [0.2, 0.25) is 0 Å². The van der Waals surface area contributed by atoms with Gasteiger partial charge in [-0.25, -0.2) is 0 Å². The second-order valence-electron chi connectivity index (χ2n) is 4.49. The van der Waals surface area contributed by atoms with Gasteiger partial charge < -0.3 is 20.1 Å². The highest BCUT2D eigenvalue weighted by molar-refractivity contribution is 5.97. The molecule has 0 aliphatic carbocycles. The van der Waals surface area contributed by atoms with Crippen LogP contribution in [0.4, 0.5) is 0 Å². The largest absolute Gasteiger partial charge is 0.491 e. The second kappa shape index (κ2) is 4.86. The SMILES string of the molecule is O=C1NCCOc2cc(O[C@H]3CCNC3)ccc21. The molecule has 0 radical (unpaired) electrons. The number of fused-ring (bicyclic) bond motifs is 1. The van der Waals surface area contributed by atoms with Crippen LogP contribution in [0.5, 0.6) is 11.5 Å². The first kappa shape index (κ1) is 11.3. The summed E-state index contributed by atoms with van der Waals surface area (Å²) in [4.78, 5) is 11.7. The van der Waals surface area contributed by atoms with Crippen molar-refractivity contribution in [1.82, 2.24) is 10.6 Å². The number of rotatable bonds is 2. The molecule has 1 saturated heterocycles. The molecule has 18 heavy (non-hydrogen) atoms. The maximum Gasteiger partial charge on any atom is 0.255 e. The average molecular weight is 248 g/mol. The first-order valence-corrected chi connectivity index (χ1v) is 6.25. The van der Waals surface area contributed by atoms with E-state index in [0.29, 0.717) is 24.5 Å². The number of amides is 1. The van der Waals surface area contributed by atoms with Crippen molar-refractivity contribution in [3.05, 3.63) is 23.8 Å². The lowest BCUT2D eigenvalue weighted by molar-refractivity contribution is 0.0957. The van der Waals surface area contributed by atoms with Crippen LogP contribution in [0.1, 0.15) is 16.8 Å². The van der Waals surface area contributed by atoms with E-state index in [-0.39, 0.29) is 12.0 Å². The summed E-state index contributed by atoms with van der Waals surface area (Å²) in [6, 6.07) is 5.39. The maximum atomic E-state index is 11.7. The zero-order valence-corrected chi connectivity index (χ0v) is 10.1. The highest BCUT2D eigenvalue weighted by atomic mass is 16.5. The molecule has 2 heterocycles. The van der Waals surface area contributed by atoms with Crippen LogP contribution in [-0.2, 0) is 0 Å². The molecule has 0 bridgehead atoms. The van der Waals surface area contributed by atoms with E-state index in [1.165, 1.54) is 0 Å². The van der Waals surface area contributed by atoms with Crippen LogP contribution in [0.25, 0.3) is 0 Å². The molecule has 0 aromatic heterocycles. The maximum absolute atomic E-state index is 11.7. The summed E-state index contributed by atoms with van der Waals surface area (Å²) in [5, 5.41) is 6.03. The Balaban J connectivity index is 1.80. The molecule has 2 aliphatic heterocycles. The van der Waals surface area contributed by atoms with Gasteiger partial charge in [0, 0.05) is 12.6 Å². The number of benzene rings is 1. The minimum Gasteiger partial charge on any atom is -0.491 e. The van der Waals surface area contributed by atoms with Crippen LogP contribution >= 0.6 is 0 Å². The molecule has 5 nitrogen and oxygen atoms in total. The summed E-state index contributed by atoms with van der Waals surface area (Å²) < 4.78 is 11.4. The standard InChI is InChI=1S/C13H16N2O3/c16-13-11-2-1-9(18-10-3-4-14-8-10)7-12(11)17-6-5-15-13/h1-2,7,10,14H,3-6,8H2,(H,15,16)/t10-/m0/s1. The van der Waals surface area contributed by atoms with Crippen molar-refractivity contribution in [3.63, 3.8) is 0 Å². The first-order chi connectivity index (χ1) is 8.83. The molecule has 0 spiro atoms. The molecule has 0 saturated carbocycles. The Morgan fingerprint density at radius 1 is 1.33 bits per heavy atom. The molecule has 2 aliphatic rings. The topological polar surface area (TPSA) is 59.6 Å². The molecule has 2 N–H and O–H groups in total. The van der Waals surface area contributed by atoms with Gasteiger partial charge in [-0.3, -0.25) is 4.79 Å². The van der Waals surface area contributed by atoms with Gasteiger partial charge in [-0.2, -0.15) is 0 Å². The molecular weight excluding hydrogens is 232 g/mol. The number of carbonyl (C=O) groups excluding carboxylic acids is 1. The van der Waals surface area contributed by atoms with E-state index in [0.717, 1.165) is 25.3 Å². The van der Waals surface area contributed by atoms with Gasteiger partial charge in [0.15, 0.2) is 0 Å². The van der Waals surface area contributed by atoms with Crippen molar-refractivity contribution in [2.45, 2.75) is 12.5 Å². The Hall–Kier alpha value is -1.75. The van der Waals surface area contributed by atoms with Gasteiger partial charge in [0.05, 0.1) is 12.1 Å². The quantitative estimate of drug-likeness (QED) is 0.802. The van der Waals surface area contributed by atoms with Crippen LogP contribution in [0.3, 0.4) is 0 Å². The van der Waals surface area contributed by atoms with Crippen molar-refractivity contribution in [2.24, 2.45) is 0 Å². The van der Waals surface area contributed by atoms with Crippen molar-refractivity contribution in [3.8, 4) is 11.5 Å². The van der Waals surface area contributed by atoms with E-state index in [2.05, 4.69) is 10.6 Å². The normalized spacial score (nSPS) is 22.7. The Kier molecular flexibility index (Phi) is 3.06. The molecule has 1 aromatic carbocycles. The predicted molar refractivity (Wildman–Crippen MR) is 66.2 cm³/mol. The van der Waals surface area contributed by atoms with Gasteiger partial charge in [-0.15, -0.1) is 0 Å². The number of hydrogen-bond acceptors (Lipinski definition) is 4. The molecule has 3 rings (SSSR count). The van der Waals surface area contributed by atoms with E-state index in [1.807, 2.05) is 6.07 Å². The van der Waals surface area contributed by atoms with E-state index < -0.39 is 0 Å². The Morgan fingerprint density at radius 3 is 3.11 bits per heavy atom. The number of ether oxygens (including phenoxy) is 2. The van der Waals surface area contributed by atoms with Crippen molar-refractivity contribution < 1.29 is 14.3 Å². The van der Waals surface area contributed by atoms with Gasteiger partial charge >= 0.3 is 0 Å². The summed E-state index contributed by atoms with van der Waals surface area (Å²) in [6.07, 6.45) is 1.22. The predicted octanol–water partition coefficient (Wildman–Crippen LogP) is 0.550. The molecule has 0 unspecified atom stereocenters. The lowest BCUT2D eigenvalue weighted by atomic mass is 10.2. The fraction of sp³-hybridized carbons (Fsp3) is 0.462. The van der Waals surface area contributed by atoms with Gasteiger partial charge in [-0.1, -0.05) is 0 Å². The van der Waals surface area contributed by atoms with Crippen LogP contribution in [0.15, 0.2) is 18.2 Å². The van der Waals surface area contributed by atoms with E-state index in [4.69, 9.17) is 9.47 Å². The molecular formula is C13H16N2O3. The highest BCUT2D eigenvalue weighted by Crippen LogP contribution is 2.27. The summed E-state index contributed by atoms with van der Waals surface area (Å²) in [7, 11) is 0. The van der Waals surface area contributed by atoms with E-state index in [1.54, 1.807) is 12.1 Å². The van der Waals surface area contributed by atoms with Crippen molar-refractivity contribution >= 4 is 5.91 Å².